The number of carbonyl (C=O) groups excluding carboxylic acids is 1. The number of hydrogen-bond acceptors (Lipinski definition) is 7. The third-order valence-electron chi connectivity index (χ3n) is 1.91. The van der Waals surface area contributed by atoms with Crippen molar-refractivity contribution < 1.29 is 19.7 Å². The van der Waals surface area contributed by atoms with E-state index in [4.69, 9.17) is 10.2 Å². The molecule has 0 aromatic carbocycles. The van der Waals surface area contributed by atoms with Crippen LogP contribution in [0.15, 0.2) is 5.18 Å². The molecule has 0 rings (SSSR count). The molecule has 0 amide bonds. The summed E-state index contributed by atoms with van der Waals surface area (Å²) in [5.41, 5.74) is 0. The molecule has 0 unspecified atom stereocenters. The van der Waals surface area contributed by atoms with Gasteiger partial charge in [-0.2, -0.15) is 4.91 Å². The summed E-state index contributed by atoms with van der Waals surface area (Å²) >= 11 is 0. The van der Waals surface area contributed by atoms with E-state index in [1.807, 2.05) is 0 Å². The van der Waals surface area contributed by atoms with Crippen LogP contribution in [0.2, 0.25) is 0 Å². The van der Waals surface area contributed by atoms with Crippen molar-refractivity contribution in [3.05, 3.63) is 4.91 Å². The summed E-state index contributed by atoms with van der Waals surface area (Å²) in [5, 5.41) is 19.9. The van der Waals surface area contributed by atoms with Crippen molar-refractivity contribution in [2.75, 3.05) is 46.0 Å². The number of ether oxygens (including phenoxy) is 1. The summed E-state index contributed by atoms with van der Waals surface area (Å²) in [7, 11) is 0. The van der Waals surface area contributed by atoms with E-state index in [-0.39, 0.29) is 32.8 Å². The number of aliphatic hydroxyl groups is 2. The van der Waals surface area contributed by atoms with Crippen LogP contribution in [0.25, 0.3) is 0 Å². The molecule has 0 saturated carbocycles. The van der Waals surface area contributed by atoms with E-state index >= 15 is 0 Å². The average Bonchev–Trinajstić information content (AvgIpc) is 2.30. The fourth-order valence-electron chi connectivity index (χ4n) is 1.14. The minimum atomic E-state index is -0.406. The second-order valence-electron chi connectivity index (χ2n) is 3.11. The third kappa shape index (κ3) is 8.27. The molecule has 0 spiro atoms. The Bertz CT molecular complexity index is 200. The molecule has 16 heavy (non-hydrogen) atoms. The highest BCUT2D eigenvalue weighted by atomic mass is 16.5. The molecule has 7 nitrogen and oxygen atoms in total. The first-order chi connectivity index (χ1) is 7.74. The first kappa shape index (κ1) is 14.9. The van der Waals surface area contributed by atoms with E-state index in [0.717, 1.165) is 0 Å². The van der Waals surface area contributed by atoms with Crippen LogP contribution >= 0.6 is 0 Å². The Morgan fingerprint density at radius 1 is 1.19 bits per heavy atom. The lowest BCUT2D eigenvalue weighted by Gasteiger charge is -2.18. The molecule has 0 aliphatic carbocycles. The first-order valence-electron chi connectivity index (χ1n) is 5.13. The Hall–Kier alpha value is -1.05. The molecule has 94 valence electrons. The number of esters is 1. The van der Waals surface area contributed by atoms with Crippen LogP contribution < -0.4 is 0 Å². The van der Waals surface area contributed by atoms with Gasteiger partial charge in [-0.25, -0.2) is 0 Å². The number of rotatable bonds is 10. The zero-order valence-corrected chi connectivity index (χ0v) is 9.17. The highest BCUT2D eigenvalue weighted by Crippen LogP contribution is 1.94. The summed E-state index contributed by atoms with van der Waals surface area (Å²) in [6.45, 7) is 1.10. The van der Waals surface area contributed by atoms with E-state index in [0.29, 0.717) is 19.6 Å². The molecule has 0 aliphatic rings. The van der Waals surface area contributed by atoms with Crippen molar-refractivity contribution in [1.82, 2.24) is 4.90 Å². The summed E-state index contributed by atoms with van der Waals surface area (Å²) in [5.74, 6) is -0.406. The van der Waals surface area contributed by atoms with Gasteiger partial charge in [-0.15, -0.1) is 0 Å². The molecule has 0 aromatic heterocycles. The van der Waals surface area contributed by atoms with Crippen molar-refractivity contribution >= 4 is 5.97 Å². The fraction of sp³-hybridized carbons (Fsp3) is 0.889. The fourth-order valence-corrected chi connectivity index (χ4v) is 1.14. The Balaban J connectivity index is 3.72. The van der Waals surface area contributed by atoms with Gasteiger partial charge < -0.3 is 14.9 Å². The SMILES string of the molecule is O=NCCN(CCO)CCC(=O)OCCO. The van der Waals surface area contributed by atoms with E-state index in [1.165, 1.54) is 0 Å². The predicted molar refractivity (Wildman–Crippen MR) is 56.8 cm³/mol. The molecule has 0 fully saturated rings. The monoisotopic (exact) mass is 234 g/mol. The molecule has 0 radical (unpaired) electrons. The van der Waals surface area contributed by atoms with Gasteiger partial charge >= 0.3 is 5.97 Å². The van der Waals surface area contributed by atoms with Crippen LogP contribution in [0.4, 0.5) is 0 Å². The first-order valence-corrected chi connectivity index (χ1v) is 5.13. The highest BCUT2D eigenvalue weighted by molar-refractivity contribution is 5.69. The van der Waals surface area contributed by atoms with Crippen molar-refractivity contribution in [2.24, 2.45) is 5.18 Å². The van der Waals surface area contributed by atoms with Crippen LogP contribution in [-0.2, 0) is 9.53 Å². The Labute approximate surface area is 94.0 Å². The van der Waals surface area contributed by atoms with Crippen LogP contribution in [0.1, 0.15) is 6.42 Å². The van der Waals surface area contributed by atoms with Gasteiger partial charge in [-0.05, 0) is 0 Å². The highest BCUT2D eigenvalue weighted by Gasteiger charge is 2.08. The molecule has 2 N–H and O–H groups in total. The summed E-state index contributed by atoms with van der Waals surface area (Å²) in [6.07, 6.45) is 0.166. The van der Waals surface area contributed by atoms with Gasteiger partial charge in [0.05, 0.1) is 26.2 Å². The normalized spacial score (nSPS) is 10.4. The molecular formula is C9H18N2O5. The second kappa shape index (κ2) is 10.5. The Morgan fingerprint density at radius 2 is 1.94 bits per heavy atom. The van der Waals surface area contributed by atoms with Crippen molar-refractivity contribution in [3.8, 4) is 0 Å². The zero-order chi connectivity index (χ0) is 12.2. The number of nitrogens with zero attached hydrogens (tertiary/aromatic N) is 2. The van der Waals surface area contributed by atoms with E-state index in [1.54, 1.807) is 4.90 Å². The lowest BCUT2D eigenvalue weighted by molar-refractivity contribution is -0.145. The standard InChI is InChI=1S/C9H18N2O5/c12-6-5-11(4-2-10-15)3-1-9(14)16-8-7-13/h12-13H,1-8H2. The maximum Gasteiger partial charge on any atom is 0.307 e. The number of aliphatic hydroxyl groups excluding tert-OH is 2. The van der Waals surface area contributed by atoms with E-state index in [2.05, 4.69) is 9.91 Å². The lowest BCUT2D eigenvalue weighted by atomic mass is 10.3. The molecule has 0 bridgehead atoms. The van der Waals surface area contributed by atoms with Crippen LogP contribution in [-0.4, -0.2) is 67.1 Å². The van der Waals surface area contributed by atoms with Crippen LogP contribution in [0, 0.1) is 4.91 Å². The lowest BCUT2D eigenvalue weighted by Crippen LogP contribution is -2.32. The number of nitroso groups, excluding NO2 is 1. The molecule has 0 atom stereocenters. The molecule has 0 aliphatic heterocycles. The summed E-state index contributed by atoms with van der Waals surface area (Å²) in [4.78, 5) is 22.8. The van der Waals surface area contributed by atoms with Gasteiger partial charge in [0.25, 0.3) is 0 Å². The molecular weight excluding hydrogens is 216 g/mol. The van der Waals surface area contributed by atoms with Crippen LogP contribution in [0.3, 0.4) is 0 Å². The molecule has 0 aromatic rings. The molecule has 0 saturated heterocycles. The maximum atomic E-state index is 11.1. The van der Waals surface area contributed by atoms with Gasteiger partial charge in [-0.3, -0.25) is 9.69 Å². The van der Waals surface area contributed by atoms with Gasteiger partial charge in [0, 0.05) is 19.6 Å². The van der Waals surface area contributed by atoms with Gasteiger partial charge in [0.2, 0.25) is 0 Å². The topological polar surface area (TPSA) is 99.4 Å². The number of carbonyl (C=O) groups is 1. The third-order valence-corrected chi connectivity index (χ3v) is 1.91. The van der Waals surface area contributed by atoms with Gasteiger partial charge in [0.1, 0.15) is 6.61 Å². The predicted octanol–water partition coefficient (Wildman–Crippen LogP) is -1.03. The molecule has 7 heteroatoms. The molecule has 0 heterocycles. The zero-order valence-electron chi connectivity index (χ0n) is 9.17. The van der Waals surface area contributed by atoms with E-state index < -0.39 is 5.97 Å². The summed E-state index contributed by atoms with van der Waals surface area (Å²) in [6, 6.07) is 0. The quantitative estimate of drug-likeness (QED) is 0.370. The van der Waals surface area contributed by atoms with Gasteiger partial charge in [-0.1, -0.05) is 5.18 Å². The smallest absolute Gasteiger partial charge is 0.307 e. The maximum absolute atomic E-state index is 11.1. The Morgan fingerprint density at radius 3 is 2.50 bits per heavy atom. The second-order valence-corrected chi connectivity index (χ2v) is 3.11. The Kier molecular flexibility index (Phi) is 9.78. The van der Waals surface area contributed by atoms with Crippen molar-refractivity contribution in [2.45, 2.75) is 6.42 Å². The van der Waals surface area contributed by atoms with Gasteiger partial charge in [0.15, 0.2) is 0 Å². The van der Waals surface area contributed by atoms with Crippen molar-refractivity contribution in [3.63, 3.8) is 0 Å². The van der Waals surface area contributed by atoms with E-state index in [9.17, 15) is 9.70 Å². The average molecular weight is 234 g/mol. The van der Waals surface area contributed by atoms with Crippen molar-refractivity contribution in [1.29, 1.82) is 0 Å². The summed E-state index contributed by atoms with van der Waals surface area (Å²) < 4.78 is 4.66. The minimum Gasteiger partial charge on any atom is -0.463 e. The minimum absolute atomic E-state index is 0.00523. The number of hydrogen-bond donors (Lipinski definition) is 2. The van der Waals surface area contributed by atoms with Crippen LogP contribution in [0.5, 0.6) is 0 Å². The largest absolute Gasteiger partial charge is 0.463 e.